The Labute approximate surface area is 173 Å². The third-order valence-electron chi connectivity index (χ3n) is 5.18. The molecule has 2 aromatic carbocycles. The van der Waals surface area contributed by atoms with Gasteiger partial charge >= 0.3 is 0 Å². The highest BCUT2D eigenvalue weighted by Gasteiger charge is 2.40. The first-order valence-electron chi connectivity index (χ1n) is 9.74. The van der Waals surface area contributed by atoms with E-state index in [1.807, 2.05) is 59.5 Å². The fraction of sp³-hybridized carbons (Fsp3) is 0.409. The molecule has 6 nitrogen and oxygen atoms in total. The molecular weight excluding hydrogens is 386 g/mol. The van der Waals surface area contributed by atoms with Crippen molar-refractivity contribution in [3.8, 4) is 5.75 Å². The maximum absolute atomic E-state index is 12.2. The second kappa shape index (κ2) is 8.86. The smallest absolute Gasteiger partial charge is 0.193 e. The molecule has 1 aliphatic rings. The van der Waals surface area contributed by atoms with Crippen molar-refractivity contribution in [2.75, 3.05) is 25.9 Å². The van der Waals surface area contributed by atoms with Gasteiger partial charge in [0, 0.05) is 26.7 Å². The van der Waals surface area contributed by atoms with Gasteiger partial charge in [-0.05, 0) is 37.1 Å². The molecule has 1 fully saturated rings. The zero-order valence-corrected chi connectivity index (χ0v) is 18.1. The van der Waals surface area contributed by atoms with Gasteiger partial charge in [-0.3, -0.25) is 4.99 Å². The molecular formula is C22H29N3O3S. The predicted molar refractivity (Wildman–Crippen MR) is 117 cm³/mol. The quantitative estimate of drug-likeness (QED) is 0.601. The molecule has 0 aliphatic carbocycles. The number of nitrogens with zero attached hydrogens (tertiary/aromatic N) is 2. The molecule has 0 atom stereocenters. The fourth-order valence-electron chi connectivity index (χ4n) is 3.28. The van der Waals surface area contributed by atoms with Crippen LogP contribution in [-0.2, 0) is 23.0 Å². The third kappa shape index (κ3) is 5.29. The highest BCUT2D eigenvalue weighted by Crippen LogP contribution is 2.23. The summed E-state index contributed by atoms with van der Waals surface area (Å²) in [5.74, 6) is 1.69. The van der Waals surface area contributed by atoms with E-state index < -0.39 is 14.6 Å². The van der Waals surface area contributed by atoms with Crippen LogP contribution >= 0.6 is 0 Å². The van der Waals surface area contributed by atoms with Crippen molar-refractivity contribution in [1.29, 1.82) is 0 Å². The van der Waals surface area contributed by atoms with E-state index in [-0.39, 0.29) is 5.75 Å². The maximum atomic E-state index is 12.2. The van der Waals surface area contributed by atoms with Gasteiger partial charge in [0.1, 0.15) is 12.4 Å². The summed E-state index contributed by atoms with van der Waals surface area (Å²) in [6.45, 7) is 5.58. The molecule has 29 heavy (non-hydrogen) atoms. The fourth-order valence-corrected chi connectivity index (χ4v) is 4.65. The van der Waals surface area contributed by atoms with Crippen LogP contribution in [0.25, 0.3) is 0 Å². The second-order valence-corrected chi connectivity index (χ2v) is 10.6. The first kappa shape index (κ1) is 21.2. The van der Waals surface area contributed by atoms with E-state index in [1.165, 1.54) is 0 Å². The molecule has 0 spiro atoms. The Morgan fingerprint density at radius 2 is 1.79 bits per heavy atom. The van der Waals surface area contributed by atoms with Crippen LogP contribution in [0, 0.1) is 0 Å². The van der Waals surface area contributed by atoms with Crippen LogP contribution in [0.3, 0.4) is 0 Å². The molecule has 7 heteroatoms. The molecule has 0 saturated carbocycles. The van der Waals surface area contributed by atoms with E-state index in [4.69, 9.17) is 4.74 Å². The number of nitrogens with one attached hydrogen (secondary N) is 1. The minimum Gasteiger partial charge on any atom is -0.489 e. The molecule has 1 heterocycles. The summed E-state index contributed by atoms with van der Waals surface area (Å²) < 4.78 is 29.5. The van der Waals surface area contributed by atoms with Crippen LogP contribution in [0.1, 0.15) is 25.0 Å². The summed E-state index contributed by atoms with van der Waals surface area (Å²) in [4.78, 5) is 6.34. The lowest BCUT2D eigenvalue weighted by Gasteiger charge is -2.39. The van der Waals surface area contributed by atoms with Crippen molar-refractivity contribution in [2.24, 2.45) is 4.99 Å². The average molecular weight is 416 g/mol. The van der Waals surface area contributed by atoms with Gasteiger partial charge in [0.15, 0.2) is 15.8 Å². The van der Waals surface area contributed by atoms with Crippen LogP contribution < -0.4 is 10.1 Å². The van der Waals surface area contributed by atoms with Gasteiger partial charge in [-0.1, -0.05) is 42.5 Å². The first-order valence-corrected chi connectivity index (χ1v) is 11.4. The number of benzene rings is 2. The van der Waals surface area contributed by atoms with Gasteiger partial charge in [-0.25, -0.2) is 8.42 Å². The van der Waals surface area contributed by atoms with Crippen molar-refractivity contribution < 1.29 is 13.2 Å². The van der Waals surface area contributed by atoms with E-state index >= 15 is 0 Å². The number of ether oxygens (including phenoxy) is 1. The van der Waals surface area contributed by atoms with E-state index in [0.717, 1.165) is 22.8 Å². The molecule has 0 bridgehead atoms. The summed E-state index contributed by atoms with van der Waals surface area (Å²) in [5.41, 5.74) is 2.23. The zero-order valence-electron chi connectivity index (χ0n) is 17.3. The lowest BCUT2D eigenvalue weighted by molar-refractivity contribution is 0.306. The Morgan fingerprint density at radius 1 is 1.10 bits per heavy atom. The standard InChI is InChI=1S/C22H29N3O3S/c1-22(2)17-25(13-14-29(22,26)27)21(23-3)24-15-18-9-11-20(12-10-18)28-16-19-7-5-4-6-8-19/h4-12H,13-17H2,1-3H3,(H,23,24). The number of sulfone groups is 1. The molecule has 0 amide bonds. The lowest BCUT2D eigenvalue weighted by Crippen LogP contribution is -2.57. The van der Waals surface area contributed by atoms with Gasteiger partial charge in [0.25, 0.3) is 0 Å². The highest BCUT2D eigenvalue weighted by molar-refractivity contribution is 7.92. The second-order valence-electron chi connectivity index (χ2n) is 7.82. The number of guanidine groups is 1. The average Bonchev–Trinajstić information content (AvgIpc) is 2.71. The Bertz CT molecular complexity index is 939. The highest BCUT2D eigenvalue weighted by atomic mass is 32.2. The Balaban J connectivity index is 1.53. The normalized spacial score (nSPS) is 18.3. The van der Waals surface area contributed by atoms with E-state index in [9.17, 15) is 8.42 Å². The Hall–Kier alpha value is -2.54. The first-order chi connectivity index (χ1) is 13.8. The van der Waals surface area contributed by atoms with E-state index in [1.54, 1.807) is 20.9 Å². The largest absolute Gasteiger partial charge is 0.489 e. The molecule has 1 aliphatic heterocycles. The van der Waals surface area contributed by atoms with Gasteiger partial charge in [-0.2, -0.15) is 0 Å². The molecule has 1 N–H and O–H groups in total. The number of rotatable bonds is 5. The van der Waals surface area contributed by atoms with Crippen molar-refractivity contribution >= 4 is 15.8 Å². The Kier molecular flexibility index (Phi) is 6.47. The molecule has 0 unspecified atom stereocenters. The van der Waals surface area contributed by atoms with Crippen molar-refractivity contribution in [3.63, 3.8) is 0 Å². The summed E-state index contributed by atoms with van der Waals surface area (Å²) in [7, 11) is -1.35. The topological polar surface area (TPSA) is 71.0 Å². The Morgan fingerprint density at radius 3 is 2.41 bits per heavy atom. The van der Waals surface area contributed by atoms with Crippen LogP contribution in [0.5, 0.6) is 5.75 Å². The summed E-state index contributed by atoms with van der Waals surface area (Å²) in [6.07, 6.45) is 0. The third-order valence-corrected chi connectivity index (χ3v) is 7.71. The van der Waals surface area contributed by atoms with Crippen LogP contribution in [0.15, 0.2) is 59.6 Å². The minimum absolute atomic E-state index is 0.147. The molecule has 156 valence electrons. The predicted octanol–water partition coefficient (Wildman–Crippen LogP) is 2.85. The molecule has 0 radical (unpaired) electrons. The van der Waals surface area contributed by atoms with E-state index in [2.05, 4.69) is 10.3 Å². The summed E-state index contributed by atoms with van der Waals surface area (Å²) >= 11 is 0. The maximum Gasteiger partial charge on any atom is 0.193 e. The summed E-state index contributed by atoms with van der Waals surface area (Å²) in [5, 5.41) is 3.34. The van der Waals surface area contributed by atoms with Crippen LogP contribution in [0.2, 0.25) is 0 Å². The minimum atomic E-state index is -3.07. The van der Waals surface area contributed by atoms with E-state index in [0.29, 0.717) is 26.2 Å². The SMILES string of the molecule is CN=C(NCc1ccc(OCc2ccccc2)cc1)N1CCS(=O)(=O)C(C)(C)C1. The summed E-state index contributed by atoms with van der Waals surface area (Å²) in [6, 6.07) is 18.0. The van der Waals surface area contributed by atoms with Gasteiger partial charge in [0.05, 0.1) is 10.5 Å². The molecule has 2 aromatic rings. The molecule has 0 aromatic heterocycles. The van der Waals surface area contributed by atoms with Crippen molar-refractivity contribution in [3.05, 3.63) is 65.7 Å². The lowest BCUT2D eigenvalue weighted by atomic mass is 10.2. The number of hydrogen-bond acceptors (Lipinski definition) is 4. The van der Waals surface area contributed by atoms with Gasteiger partial charge in [-0.15, -0.1) is 0 Å². The van der Waals surface area contributed by atoms with Gasteiger partial charge < -0.3 is 15.0 Å². The van der Waals surface area contributed by atoms with Crippen LogP contribution in [0.4, 0.5) is 0 Å². The zero-order chi connectivity index (χ0) is 20.9. The monoisotopic (exact) mass is 415 g/mol. The molecule has 1 saturated heterocycles. The number of hydrogen-bond donors (Lipinski definition) is 1. The van der Waals surface area contributed by atoms with Crippen molar-refractivity contribution in [2.45, 2.75) is 31.7 Å². The van der Waals surface area contributed by atoms with Crippen LogP contribution in [-0.4, -0.2) is 49.9 Å². The van der Waals surface area contributed by atoms with Crippen molar-refractivity contribution in [1.82, 2.24) is 10.2 Å². The number of aliphatic imine (C=N–C) groups is 1. The van der Waals surface area contributed by atoms with Gasteiger partial charge in [0.2, 0.25) is 0 Å². The molecule has 3 rings (SSSR count).